The summed E-state index contributed by atoms with van der Waals surface area (Å²) in [5, 5.41) is 0. The van der Waals surface area contributed by atoms with E-state index in [2.05, 4.69) is 35.8 Å². The molecular formula is C15H26N4. The summed E-state index contributed by atoms with van der Waals surface area (Å²) in [5.41, 5.74) is 7.05. The lowest BCUT2D eigenvalue weighted by atomic mass is 9.84. The zero-order valence-electron chi connectivity index (χ0n) is 12.4. The maximum atomic E-state index is 5.97. The molecule has 1 aromatic heterocycles. The monoisotopic (exact) mass is 262 g/mol. The predicted molar refractivity (Wildman–Crippen MR) is 80.3 cm³/mol. The number of hydrogen-bond acceptors (Lipinski definition) is 4. The second-order valence-electron chi connectivity index (χ2n) is 5.61. The molecule has 2 N–H and O–H groups in total. The van der Waals surface area contributed by atoms with Crippen LogP contribution in [0.4, 0.5) is 11.6 Å². The summed E-state index contributed by atoms with van der Waals surface area (Å²) < 4.78 is 0. The lowest BCUT2D eigenvalue weighted by Crippen LogP contribution is -2.36. The van der Waals surface area contributed by atoms with Gasteiger partial charge in [-0.1, -0.05) is 20.3 Å². The maximum absolute atomic E-state index is 5.97. The number of hydrogen-bond donors (Lipinski definition) is 1. The highest BCUT2D eigenvalue weighted by molar-refractivity contribution is 5.56. The minimum absolute atomic E-state index is 0.599. The summed E-state index contributed by atoms with van der Waals surface area (Å²) in [4.78, 5) is 10.9. The van der Waals surface area contributed by atoms with Gasteiger partial charge in [0, 0.05) is 18.7 Å². The molecule has 0 aliphatic heterocycles. The van der Waals surface area contributed by atoms with Crippen LogP contribution in [-0.4, -0.2) is 23.1 Å². The average molecular weight is 262 g/mol. The second-order valence-corrected chi connectivity index (χ2v) is 5.61. The molecule has 0 radical (unpaired) electrons. The fourth-order valence-electron chi connectivity index (χ4n) is 3.17. The molecule has 1 heterocycles. The van der Waals surface area contributed by atoms with Crippen LogP contribution in [0, 0.1) is 5.92 Å². The van der Waals surface area contributed by atoms with E-state index in [0.717, 1.165) is 23.7 Å². The van der Waals surface area contributed by atoms with Crippen molar-refractivity contribution in [2.24, 2.45) is 5.92 Å². The fraction of sp³-hybridized carbons (Fsp3) is 0.733. The van der Waals surface area contributed by atoms with Crippen molar-refractivity contribution in [1.82, 2.24) is 9.97 Å². The molecule has 0 spiro atoms. The van der Waals surface area contributed by atoms with E-state index in [-0.39, 0.29) is 0 Å². The van der Waals surface area contributed by atoms with Crippen LogP contribution in [0.15, 0.2) is 6.33 Å². The Morgan fingerprint density at radius 2 is 1.89 bits per heavy atom. The molecule has 1 aromatic rings. The minimum atomic E-state index is 0.599. The van der Waals surface area contributed by atoms with E-state index in [1.165, 1.54) is 32.1 Å². The van der Waals surface area contributed by atoms with Crippen molar-refractivity contribution in [2.45, 2.75) is 58.4 Å². The zero-order valence-corrected chi connectivity index (χ0v) is 12.4. The Labute approximate surface area is 116 Å². The zero-order chi connectivity index (χ0) is 13.8. The molecule has 1 aliphatic rings. The van der Waals surface area contributed by atoms with Gasteiger partial charge in [-0.05, 0) is 38.0 Å². The summed E-state index contributed by atoms with van der Waals surface area (Å²) >= 11 is 0. The fourth-order valence-corrected chi connectivity index (χ4v) is 3.17. The van der Waals surface area contributed by atoms with Crippen molar-refractivity contribution < 1.29 is 0 Å². The highest BCUT2D eigenvalue weighted by Crippen LogP contribution is 2.32. The van der Waals surface area contributed by atoms with Crippen molar-refractivity contribution in [3.8, 4) is 0 Å². The van der Waals surface area contributed by atoms with Gasteiger partial charge in [0.2, 0.25) is 0 Å². The van der Waals surface area contributed by atoms with E-state index >= 15 is 0 Å². The number of nitrogen functional groups attached to an aromatic ring is 1. The van der Waals surface area contributed by atoms with Gasteiger partial charge in [-0.25, -0.2) is 9.97 Å². The SMILES string of the molecule is CCc1c(N)ncnc1N(C)C1CCC(CC)CC1. The van der Waals surface area contributed by atoms with Crippen LogP contribution in [-0.2, 0) is 6.42 Å². The first-order valence-electron chi connectivity index (χ1n) is 7.49. The molecule has 0 amide bonds. The van der Waals surface area contributed by atoms with Crippen molar-refractivity contribution in [3.63, 3.8) is 0 Å². The van der Waals surface area contributed by atoms with Gasteiger partial charge in [0.25, 0.3) is 0 Å². The molecule has 0 atom stereocenters. The standard InChI is InChI=1S/C15H26N4/c1-4-11-6-8-12(9-7-11)19(3)15-13(5-2)14(16)17-10-18-15/h10-12H,4-9H2,1-3H3,(H2,16,17,18). The van der Waals surface area contributed by atoms with Gasteiger partial charge in [0.05, 0.1) is 0 Å². The van der Waals surface area contributed by atoms with E-state index in [1.807, 2.05) is 0 Å². The van der Waals surface area contributed by atoms with Gasteiger partial charge < -0.3 is 10.6 Å². The molecule has 19 heavy (non-hydrogen) atoms. The molecule has 1 fully saturated rings. The number of nitrogens with zero attached hydrogens (tertiary/aromatic N) is 3. The van der Waals surface area contributed by atoms with Crippen molar-refractivity contribution in [1.29, 1.82) is 0 Å². The third-order valence-electron chi connectivity index (χ3n) is 4.58. The second kappa shape index (κ2) is 6.22. The van der Waals surface area contributed by atoms with E-state index in [4.69, 9.17) is 5.73 Å². The van der Waals surface area contributed by atoms with Crippen LogP contribution in [0.25, 0.3) is 0 Å². The molecule has 0 aromatic carbocycles. The largest absolute Gasteiger partial charge is 0.383 e. The van der Waals surface area contributed by atoms with Crippen molar-refractivity contribution in [2.75, 3.05) is 17.7 Å². The Morgan fingerprint density at radius 3 is 2.47 bits per heavy atom. The van der Waals surface area contributed by atoms with E-state index < -0.39 is 0 Å². The Morgan fingerprint density at radius 1 is 1.21 bits per heavy atom. The van der Waals surface area contributed by atoms with Crippen LogP contribution in [0.3, 0.4) is 0 Å². The van der Waals surface area contributed by atoms with Crippen LogP contribution < -0.4 is 10.6 Å². The quantitative estimate of drug-likeness (QED) is 0.906. The number of aromatic nitrogens is 2. The van der Waals surface area contributed by atoms with Gasteiger partial charge in [-0.2, -0.15) is 0 Å². The Balaban J connectivity index is 2.12. The van der Waals surface area contributed by atoms with Crippen LogP contribution in [0.2, 0.25) is 0 Å². The van der Waals surface area contributed by atoms with Gasteiger partial charge >= 0.3 is 0 Å². The summed E-state index contributed by atoms with van der Waals surface area (Å²) in [7, 11) is 2.15. The third kappa shape index (κ3) is 2.99. The molecular weight excluding hydrogens is 236 g/mol. The van der Waals surface area contributed by atoms with Gasteiger partial charge in [0.15, 0.2) is 0 Å². The first kappa shape index (κ1) is 14.1. The van der Waals surface area contributed by atoms with E-state index in [9.17, 15) is 0 Å². The minimum Gasteiger partial charge on any atom is -0.383 e. The first-order valence-corrected chi connectivity index (χ1v) is 7.49. The highest BCUT2D eigenvalue weighted by Gasteiger charge is 2.25. The van der Waals surface area contributed by atoms with Crippen molar-refractivity contribution in [3.05, 3.63) is 11.9 Å². The van der Waals surface area contributed by atoms with E-state index in [1.54, 1.807) is 6.33 Å². The summed E-state index contributed by atoms with van der Waals surface area (Å²) in [6.45, 7) is 4.41. The number of anilines is 2. The Kier molecular flexibility index (Phi) is 4.61. The molecule has 4 heteroatoms. The molecule has 1 saturated carbocycles. The predicted octanol–water partition coefficient (Wildman–Crippen LogP) is 3.03. The average Bonchev–Trinajstić information content (AvgIpc) is 2.46. The summed E-state index contributed by atoms with van der Waals surface area (Å²) in [6.07, 6.45) is 9.00. The smallest absolute Gasteiger partial charge is 0.137 e. The normalized spacial score (nSPS) is 23.3. The highest BCUT2D eigenvalue weighted by atomic mass is 15.2. The Hall–Kier alpha value is -1.32. The summed E-state index contributed by atoms with van der Waals surface area (Å²) in [6, 6.07) is 0.599. The lowest BCUT2D eigenvalue weighted by Gasteiger charge is -2.36. The molecule has 2 rings (SSSR count). The number of rotatable bonds is 4. The molecule has 0 unspecified atom stereocenters. The molecule has 106 valence electrons. The topological polar surface area (TPSA) is 55.0 Å². The number of nitrogens with two attached hydrogens (primary N) is 1. The van der Waals surface area contributed by atoms with Gasteiger partial charge in [0.1, 0.15) is 18.0 Å². The molecule has 0 saturated heterocycles. The van der Waals surface area contributed by atoms with Gasteiger partial charge in [-0.3, -0.25) is 0 Å². The van der Waals surface area contributed by atoms with E-state index in [0.29, 0.717) is 11.9 Å². The van der Waals surface area contributed by atoms with Gasteiger partial charge in [-0.15, -0.1) is 0 Å². The summed E-state index contributed by atoms with van der Waals surface area (Å²) in [5.74, 6) is 2.57. The molecule has 4 nitrogen and oxygen atoms in total. The lowest BCUT2D eigenvalue weighted by molar-refractivity contribution is 0.312. The van der Waals surface area contributed by atoms with Crippen LogP contribution >= 0.6 is 0 Å². The van der Waals surface area contributed by atoms with Crippen LogP contribution in [0.5, 0.6) is 0 Å². The molecule has 1 aliphatic carbocycles. The third-order valence-corrected chi connectivity index (χ3v) is 4.58. The van der Waals surface area contributed by atoms with Crippen molar-refractivity contribution >= 4 is 11.6 Å². The Bertz CT molecular complexity index is 411. The maximum Gasteiger partial charge on any atom is 0.137 e. The molecule has 0 bridgehead atoms. The first-order chi connectivity index (χ1) is 9.17. The van der Waals surface area contributed by atoms with Crippen LogP contribution in [0.1, 0.15) is 51.5 Å².